The number of nitrogens with one attached hydrogen (secondary N) is 1. The highest BCUT2D eigenvalue weighted by molar-refractivity contribution is 5.87. The average molecular weight is 341 g/mol. The van der Waals surface area contributed by atoms with Crippen LogP contribution in [0, 0.1) is 12.8 Å². The molecule has 1 amide bonds. The van der Waals surface area contributed by atoms with Gasteiger partial charge in [-0.05, 0) is 44.2 Å². The third kappa shape index (κ3) is 2.90. The number of hydrogen-bond acceptors (Lipinski definition) is 4. The highest BCUT2D eigenvalue weighted by atomic mass is 16.6. The molecule has 1 spiro atoms. The van der Waals surface area contributed by atoms with Crippen LogP contribution < -0.4 is 5.32 Å². The standard InChI is InChI=1S/C19H23N3O3/c1-13-6-5-9-22-12-14(21-17(13)22)11-20-18(24)15-10-16(23)25-19(15)7-3-2-4-8-19/h5-6,9,12,15H,2-4,7-8,10-11H2,1H3,(H,20,24)/t15-/m0/s1. The Morgan fingerprint density at radius 2 is 2.20 bits per heavy atom. The van der Waals surface area contributed by atoms with Gasteiger partial charge in [-0.25, -0.2) is 4.98 Å². The third-order valence-corrected chi connectivity index (χ3v) is 5.51. The number of amides is 1. The molecule has 3 heterocycles. The van der Waals surface area contributed by atoms with Gasteiger partial charge in [0.05, 0.1) is 24.6 Å². The maximum atomic E-state index is 12.7. The zero-order valence-corrected chi connectivity index (χ0v) is 14.5. The number of aromatic nitrogens is 2. The highest BCUT2D eigenvalue weighted by Gasteiger charge is 2.52. The van der Waals surface area contributed by atoms with Crippen molar-refractivity contribution in [3.8, 4) is 0 Å². The number of aryl methyl sites for hydroxylation is 1. The number of carbonyl (C=O) groups excluding carboxylic acids is 2. The number of carbonyl (C=O) groups is 2. The van der Waals surface area contributed by atoms with Crippen molar-refractivity contribution < 1.29 is 14.3 Å². The molecule has 2 aliphatic rings. The Kier molecular flexibility index (Phi) is 3.98. The van der Waals surface area contributed by atoms with Crippen LogP contribution in [0.1, 0.15) is 49.8 Å². The first-order valence-electron chi connectivity index (χ1n) is 9.00. The Labute approximate surface area is 146 Å². The van der Waals surface area contributed by atoms with Gasteiger partial charge in [-0.15, -0.1) is 0 Å². The molecule has 2 aromatic rings. The van der Waals surface area contributed by atoms with Crippen molar-refractivity contribution in [2.24, 2.45) is 5.92 Å². The Balaban J connectivity index is 1.47. The van der Waals surface area contributed by atoms with Crippen molar-refractivity contribution in [3.05, 3.63) is 35.8 Å². The van der Waals surface area contributed by atoms with Crippen molar-refractivity contribution >= 4 is 17.5 Å². The number of rotatable bonds is 3. The van der Waals surface area contributed by atoms with Crippen LogP contribution in [0.3, 0.4) is 0 Å². The van der Waals surface area contributed by atoms with Gasteiger partial charge in [0.25, 0.3) is 0 Å². The molecule has 2 fully saturated rings. The first kappa shape index (κ1) is 16.1. The number of nitrogens with zero attached hydrogens (tertiary/aromatic N) is 2. The van der Waals surface area contributed by atoms with Crippen LogP contribution in [0.25, 0.3) is 5.65 Å². The summed E-state index contributed by atoms with van der Waals surface area (Å²) in [6.07, 6.45) is 8.83. The summed E-state index contributed by atoms with van der Waals surface area (Å²) in [6, 6.07) is 3.99. The molecule has 1 saturated carbocycles. The minimum Gasteiger partial charge on any atom is -0.458 e. The van der Waals surface area contributed by atoms with Crippen LogP contribution >= 0.6 is 0 Å². The van der Waals surface area contributed by atoms with Gasteiger partial charge in [-0.3, -0.25) is 9.59 Å². The second-order valence-corrected chi connectivity index (χ2v) is 7.23. The highest BCUT2D eigenvalue weighted by Crippen LogP contribution is 2.44. The first-order chi connectivity index (χ1) is 12.1. The maximum Gasteiger partial charge on any atom is 0.307 e. The second kappa shape index (κ2) is 6.17. The van der Waals surface area contributed by atoms with Gasteiger partial charge >= 0.3 is 5.97 Å². The van der Waals surface area contributed by atoms with Gasteiger partial charge in [0.15, 0.2) is 0 Å². The summed E-state index contributed by atoms with van der Waals surface area (Å²) >= 11 is 0. The van der Waals surface area contributed by atoms with Crippen LogP contribution in [0.15, 0.2) is 24.5 Å². The molecule has 0 unspecified atom stereocenters. The van der Waals surface area contributed by atoms with Gasteiger partial charge < -0.3 is 14.5 Å². The van der Waals surface area contributed by atoms with E-state index >= 15 is 0 Å². The molecule has 25 heavy (non-hydrogen) atoms. The summed E-state index contributed by atoms with van der Waals surface area (Å²) in [5.41, 5.74) is 2.23. The Morgan fingerprint density at radius 3 is 2.96 bits per heavy atom. The van der Waals surface area contributed by atoms with E-state index in [1.54, 1.807) is 0 Å². The number of esters is 1. The molecule has 0 aromatic carbocycles. The summed E-state index contributed by atoms with van der Waals surface area (Å²) in [4.78, 5) is 29.2. The van der Waals surface area contributed by atoms with Gasteiger partial charge in [-0.1, -0.05) is 12.5 Å². The molecular formula is C19H23N3O3. The number of pyridine rings is 1. The van der Waals surface area contributed by atoms with E-state index in [0.717, 1.165) is 49.0 Å². The molecule has 1 N–H and O–H groups in total. The molecule has 4 rings (SSSR count). The summed E-state index contributed by atoms with van der Waals surface area (Å²) in [5, 5.41) is 2.97. The largest absolute Gasteiger partial charge is 0.458 e. The monoisotopic (exact) mass is 341 g/mol. The fourth-order valence-corrected chi connectivity index (χ4v) is 4.21. The van der Waals surface area contributed by atoms with E-state index in [-0.39, 0.29) is 24.2 Å². The Hall–Kier alpha value is -2.37. The number of imidazole rings is 1. The number of fused-ring (bicyclic) bond motifs is 1. The van der Waals surface area contributed by atoms with Crippen molar-refractivity contribution in [2.75, 3.05) is 0 Å². The fourth-order valence-electron chi connectivity index (χ4n) is 4.21. The topological polar surface area (TPSA) is 72.7 Å². The first-order valence-corrected chi connectivity index (χ1v) is 9.00. The Bertz CT molecular complexity index is 820. The van der Waals surface area contributed by atoms with E-state index in [9.17, 15) is 9.59 Å². The van der Waals surface area contributed by atoms with E-state index in [4.69, 9.17) is 4.74 Å². The minimum atomic E-state index is -0.574. The van der Waals surface area contributed by atoms with Crippen LogP contribution in [-0.2, 0) is 20.9 Å². The van der Waals surface area contributed by atoms with Gasteiger partial charge in [0.1, 0.15) is 11.2 Å². The third-order valence-electron chi connectivity index (χ3n) is 5.51. The van der Waals surface area contributed by atoms with Gasteiger partial charge in [-0.2, -0.15) is 0 Å². The van der Waals surface area contributed by atoms with E-state index in [2.05, 4.69) is 10.3 Å². The van der Waals surface area contributed by atoms with E-state index in [1.807, 2.05) is 35.9 Å². The molecule has 2 aromatic heterocycles. The summed E-state index contributed by atoms with van der Waals surface area (Å²) in [7, 11) is 0. The molecule has 0 radical (unpaired) electrons. The lowest BCUT2D eigenvalue weighted by Crippen LogP contribution is -2.45. The molecule has 1 atom stereocenters. The van der Waals surface area contributed by atoms with Gasteiger partial charge in [0, 0.05) is 12.4 Å². The lowest BCUT2D eigenvalue weighted by Gasteiger charge is -2.35. The minimum absolute atomic E-state index is 0.0958. The fraction of sp³-hybridized carbons (Fsp3) is 0.526. The summed E-state index contributed by atoms with van der Waals surface area (Å²) < 4.78 is 7.58. The summed E-state index contributed by atoms with van der Waals surface area (Å²) in [5.74, 6) is -0.717. The van der Waals surface area contributed by atoms with Crippen LogP contribution in [0.2, 0.25) is 0 Å². The molecule has 1 aliphatic carbocycles. The molecule has 1 saturated heterocycles. The predicted molar refractivity (Wildman–Crippen MR) is 91.8 cm³/mol. The lowest BCUT2D eigenvalue weighted by atomic mass is 9.75. The number of ether oxygens (including phenoxy) is 1. The molecular weight excluding hydrogens is 318 g/mol. The van der Waals surface area contributed by atoms with E-state index < -0.39 is 5.60 Å². The smallest absolute Gasteiger partial charge is 0.307 e. The normalized spacial score (nSPS) is 22.3. The Morgan fingerprint density at radius 1 is 1.40 bits per heavy atom. The average Bonchev–Trinajstić information content (AvgIpc) is 3.15. The van der Waals surface area contributed by atoms with Crippen molar-refractivity contribution in [3.63, 3.8) is 0 Å². The summed E-state index contributed by atoms with van der Waals surface area (Å²) in [6.45, 7) is 2.37. The maximum absolute atomic E-state index is 12.7. The lowest BCUT2D eigenvalue weighted by molar-refractivity contribution is -0.153. The van der Waals surface area contributed by atoms with Crippen LogP contribution in [-0.4, -0.2) is 26.9 Å². The van der Waals surface area contributed by atoms with E-state index in [0.29, 0.717) is 6.54 Å². The molecule has 6 nitrogen and oxygen atoms in total. The quantitative estimate of drug-likeness (QED) is 0.871. The number of hydrogen-bond donors (Lipinski definition) is 1. The predicted octanol–water partition coefficient (Wildman–Crippen LogP) is 2.52. The molecule has 0 bridgehead atoms. The van der Waals surface area contributed by atoms with Gasteiger partial charge in [0.2, 0.25) is 5.91 Å². The van der Waals surface area contributed by atoms with Crippen molar-refractivity contribution in [1.29, 1.82) is 0 Å². The molecule has 1 aliphatic heterocycles. The van der Waals surface area contributed by atoms with Crippen LogP contribution in [0.5, 0.6) is 0 Å². The zero-order valence-electron chi connectivity index (χ0n) is 14.5. The molecule has 132 valence electrons. The van der Waals surface area contributed by atoms with Crippen LogP contribution in [0.4, 0.5) is 0 Å². The van der Waals surface area contributed by atoms with Crippen molar-refractivity contribution in [1.82, 2.24) is 14.7 Å². The second-order valence-electron chi connectivity index (χ2n) is 7.23. The van der Waals surface area contributed by atoms with E-state index in [1.165, 1.54) is 0 Å². The SMILES string of the molecule is Cc1cccn2cc(CNC(=O)[C@@H]3CC(=O)OC34CCCCC4)nc12. The van der Waals surface area contributed by atoms with Crippen molar-refractivity contribution in [2.45, 2.75) is 57.6 Å². The zero-order chi connectivity index (χ0) is 17.4. The molecule has 6 heteroatoms.